The quantitative estimate of drug-likeness (QED) is 0.131. The lowest BCUT2D eigenvalue weighted by atomic mass is 10.1. The predicted molar refractivity (Wildman–Crippen MR) is 139 cm³/mol. The largest absolute Gasteiger partial charge is 0.464 e. The number of aliphatic hydroxyl groups excluding tert-OH is 1. The maximum Gasteiger partial charge on any atom is 0.460 e. The number of fused-ring (bicyclic) bond motifs is 1. The Bertz CT molecular complexity index is 1300. The summed E-state index contributed by atoms with van der Waals surface area (Å²) in [6, 6.07) is 8.08. The molecule has 4 N–H and O–H groups in total. The van der Waals surface area contributed by atoms with Gasteiger partial charge < -0.3 is 24.8 Å². The van der Waals surface area contributed by atoms with Crippen LogP contribution in [0.4, 0.5) is 5.82 Å². The van der Waals surface area contributed by atoms with Crippen molar-refractivity contribution >= 4 is 25.1 Å². The summed E-state index contributed by atoms with van der Waals surface area (Å²) >= 11 is 0. The van der Waals surface area contributed by atoms with Gasteiger partial charge in [-0.1, -0.05) is 32.8 Å². The number of hydrogen-bond acceptors (Lipinski definition) is 12. The second-order valence-corrected chi connectivity index (χ2v) is 10.3. The van der Waals surface area contributed by atoms with E-state index in [-0.39, 0.29) is 30.6 Å². The van der Waals surface area contributed by atoms with Gasteiger partial charge in [-0.15, -0.1) is 0 Å². The molecule has 0 fully saturated rings. The molecule has 14 nitrogen and oxygen atoms in total. The molecule has 0 aliphatic carbocycles. The number of aliphatic hydroxyl groups is 1. The van der Waals surface area contributed by atoms with E-state index in [1.165, 1.54) is 29.4 Å². The average Bonchev–Trinajstić information content (AvgIpc) is 3.35. The zero-order valence-electron chi connectivity index (χ0n) is 21.7. The van der Waals surface area contributed by atoms with Crippen LogP contribution in [0.25, 0.3) is 5.52 Å². The lowest BCUT2D eigenvalue weighted by Gasteiger charge is -2.24. The van der Waals surface area contributed by atoms with E-state index >= 15 is 0 Å². The molecule has 3 aromatic rings. The molecule has 3 aromatic heterocycles. The van der Waals surface area contributed by atoms with Crippen molar-refractivity contribution in [2.45, 2.75) is 45.3 Å². The Morgan fingerprint density at radius 3 is 2.72 bits per heavy atom. The summed E-state index contributed by atoms with van der Waals surface area (Å²) in [5.74, 6) is -0.209. The highest BCUT2D eigenvalue weighted by Crippen LogP contribution is 2.43. The van der Waals surface area contributed by atoms with Crippen LogP contribution >= 0.6 is 7.75 Å². The summed E-state index contributed by atoms with van der Waals surface area (Å²) in [6.07, 6.45) is 3.38. The molecular formula is C24H32N7O7P. The van der Waals surface area contributed by atoms with Gasteiger partial charge in [-0.3, -0.25) is 9.32 Å². The molecule has 3 rings (SSSR count). The smallest absolute Gasteiger partial charge is 0.460 e. The van der Waals surface area contributed by atoms with Gasteiger partial charge in [0.2, 0.25) is 5.88 Å². The van der Waals surface area contributed by atoms with Crippen molar-refractivity contribution in [1.29, 1.82) is 5.26 Å². The second kappa shape index (κ2) is 14.4. The number of nitrogens with two attached hydrogens (primary N) is 1. The Morgan fingerprint density at radius 2 is 2.03 bits per heavy atom. The highest BCUT2D eigenvalue weighted by atomic mass is 31.2. The molecule has 3 atom stereocenters. The van der Waals surface area contributed by atoms with Gasteiger partial charge in [-0.2, -0.15) is 10.4 Å². The fraction of sp³-hybridized carbons (Fsp3) is 0.458. The van der Waals surface area contributed by atoms with Gasteiger partial charge in [0.1, 0.15) is 18.4 Å². The van der Waals surface area contributed by atoms with E-state index in [9.17, 15) is 14.5 Å². The number of pyridine rings is 1. The molecule has 0 saturated heterocycles. The number of nitrogen functional groups attached to an aromatic ring is 1. The third kappa shape index (κ3) is 8.62. The van der Waals surface area contributed by atoms with Crippen LogP contribution in [0.2, 0.25) is 0 Å². The first-order chi connectivity index (χ1) is 18.8. The minimum Gasteiger partial charge on any atom is -0.464 e. The molecule has 0 spiro atoms. The molecule has 0 amide bonds. The standard InChI is InChI=1S/C24H32N7O7P/c1-3-17(4-2)13-35-23(33)12-30-39(34,38-22-7-5-6-10-27-22)37-14-21(36-15-25)20(32)11-18-8-9-19-24(26)28-16-29-31(18)19/h5-10,16-17,20-21,32H,3-4,11-14H2,1-2H3,(H,30,34)(H2,26,28,29)/t20-,21+,39?/m0/s1. The fourth-order valence-electron chi connectivity index (χ4n) is 3.55. The van der Waals surface area contributed by atoms with Crippen LogP contribution in [-0.4, -0.2) is 62.6 Å². The number of carbonyl (C=O) groups is 1. The first kappa shape index (κ1) is 29.8. The Hall–Kier alpha value is -3.76. The zero-order chi connectivity index (χ0) is 28.3. The lowest BCUT2D eigenvalue weighted by Crippen LogP contribution is -2.35. The van der Waals surface area contributed by atoms with Gasteiger partial charge in [0.25, 0.3) is 6.26 Å². The molecule has 0 aromatic carbocycles. The van der Waals surface area contributed by atoms with Crippen molar-refractivity contribution in [2.75, 3.05) is 25.5 Å². The van der Waals surface area contributed by atoms with E-state index in [1.807, 2.05) is 13.8 Å². The molecule has 0 bridgehead atoms. The molecule has 0 saturated carbocycles. The van der Waals surface area contributed by atoms with Crippen molar-refractivity contribution in [2.24, 2.45) is 5.92 Å². The van der Waals surface area contributed by atoms with E-state index in [2.05, 4.69) is 20.2 Å². The van der Waals surface area contributed by atoms with Crippen molar-refractivity contribution in [3.8, 4) is 12.1 Å². The van der Waals surface area contributed by atoms with Crippen molar-refractivity contribution in [1.82, 2.24) is 24.7 Å². The number of esters is 1. The van der Waals surface area contributed by atoms with E-state index < -0.39 is 39.1 Å². The molecule has 210 valence electrons. The summed E-state index contributed by atoms with van der Waals surface area (Å²) in [7, 11) is -4.25. The van der Waals surface area contributed by atoms with Gasteiger partial charge in [-0.25, -0.2) is 24.1 Å². The van der Waals surface area contributed by atoms with Crippen LogP contribution in [0.5, 0.6) is 5.88 Å². The van der Waals surface area contributed by atoms with Crippen molar-refractivity contribution in [3.63, 3.8) is 0 Å². The normalized spacial score (nSPS) is 14.3. The summed E-state index contributed by atoms with van der Waals surface area (Å²) < 4.78 is 36.3. The number of anilines is 1. The van der Waals surface area contributed by atoms with Crippen molar-refractivity contribution < 1.29 is 33.0 Å². The molecule has 0 aliphatic heterocycles. The highest BCUT2D eigenvalue weighted by Gasteiger charge is 2.33. The molecule has 1 unspecified atom stereocenters. The third-order valence-corrected chi connectivity index (χ3v) is 7.39. The van der Waals surface area contributed by atoms with E-state index in [0.717, 1.165) is 12.8 Å². The minimum absolute atomic E-state index is 0.0124. The highest BCUT2D eigenvalue weighted by molar-refractivity contribution is 7.52. The zero-order valence-corrected chi connectivity index (χ0v) is 22.6. The van der Waals surface area contributed by atoms with Gasteiger partial charge in [0.15, 0.2) is 11.9 Å². The van der Waals surface area contributed by atoms with Crippen LogP contribution in [0.15, 0.2) is 42.9 Å². The third-order valence-electron chi connectivity index (χ3n) is 5.92. The summed E-state index contributed by atoms with van der Waals surface area (Å²) in [4.78, 5) is 20.2. The number of nitriles is 1. The minimum atomic E-state index is -4.25. The number of carbonyl (C=O) groups excluding carboxylic acids is 1. The van der Waals surface area contributed by atoms with Gasteiger partial charge in [-0.05, 0) is 24.1 Å². The molecule has 15 heteroatoms. The molecule has 0 radical (unpaired) electrons. The topological polar surface area (TPSA) is 196 Å². The molecular weight excluding hydrogens is 529 g/mol. The fourth-order valence-corrected chi connectivity index (χ4v) is 4.78. The van der Waals surface area contributed by atoms with Crippen LogP contribution in [0, 0.1) is 17.4 Å². The Labute approximate surface area is 225 Å². The van der Waals surface area contributed by atoms with Gasteiger partial charge >= 0.3 is 13.7 Å². The van der Waals surface area contributed by atoms with Gasteiger partial charge in [0, 0.05) is 24.4 Å². The number of rotatable bonds is 16. The summed E-state index contributed by atoms with van der Waals surface area (Å²) in [5.41, 5.74) is 6.96. The molecule has 39 heavy (non-hydrogen) atoms. The Morgan fingerprint density at radius 1 is 1.23 bits per heavy atom. The van der Waals surface area contributed by atoms with E-state index in [0.29, 0.717) is 11.2 Å². The first-order valence-corrected chi connectivity index (χ1v) is 13.9. The Kier molecular flexibility index (Phi) is 11.0. The van der Waals surface area contributed by atoms with E-state index in [1.54, 1.807) is 24.3 Å². The Balaban J connectivity index is 1.69. The first-order valence-electron chi connectivity index (χ1n) is 12.3. The molecule has 3 heterocycles. The number of aromatic nitrogens is 4. The number of hydrogen-bond donors (Lipinski definition) is 3. The average molecular weight is 562 g/mol. The van der Waals surface area contributed by atoms with Crippen molar-refractivity contribution in [3.05, 3.63) is 48.5 Å². The maximum absolute atomic E-state index is 13.5. The van der Waals surface area contributed by atoms with Crippen LogP contribution in [0.1, 0.15) is 32.4 Å². The van der Waals surface area contributed by atoms with Crippen LogP contribution < -0.4 is 15.3 Å². The van der Waals surface area contributed by atoms with Gasteiger partial charge in [0.05, 0.1) is 19.3 Å². The van der Waals surface area contributed by atoms with Crippen LogP contribution in [-0.2, 0) is 29.8 Å². The van der Waals surface area contributed by atoms with E-state index in [4.69, 9.17) is 29.5 Å². The summed E-state index contributed by atoms with van der Waals surface area (Å²) in [5, 5.41) is 26.5. The number of nitrogens with one attached hydrogen (secondary N) is 1. The van der Waals surface area contributed by atoms with Crippen LogP contribution in [0.3, 0.4) is 0 Å². The monoisotopic (exact) mass is 561 g/mol. The SMILES string of the molecule is CCC(CC)COC(=O)CNP(=O)(OC[C@@H](OC#N)[C@@H](O)Cc1ccc2c(N)ncnn12)Oc1ccccn1. The lowest BCUT2D eigenvalue weighted by molar-refractivity contribution is -0.143. The number of ether oxygens (including phenoxy) is 2. The molecule has 0 aliphatic rings. The second-order valence-electron chi connectivity index (χ2n) is 8.54. The number of nitrogens with zero attached hydrogens (tertiary/aromatic N) is 5. The maximum atomic E-state index is 13.5. The summed E-state index contributed by atoms with van der Waals surface area (Å²) in [6.45, 7) is 3.22. The predicted octanol–water partition coefficient (Wildman–Crippen LogP) is 2.25.